The highest BCUT2D eigenvalue weighted by Crippen LogP contribution is 2.44. The summed E-state index contributed by atoms with van der Waals surface area (Å²) in [5.41, 5.74) is 4.49. The van der Waals surface area contributed by atoms with Gasteiger partial charge in [0.25, 0.3) is 0 Å². The first-order chi connectivity index (χ1) is 15.1. The third-order valence-electron chi connectivity index (χ3n) is 6.18. The molecule has 0 amide bonds. The molecule has 1 N–H and O–H groups in total. The van der Waals surface area contributed by atoms with Crippen LogP contribution in [0.4, 0.5) is 0 Å². The van der Waals surface area contributed by atoms with Gasteiger partial charge in [0.1, 0.15) is 11.4 Å². The van der Waals surface area contributed by atoms with Crippen LogP contribution in [0.25, 0.3) is 16.9 Å². The Balaban J connectivity index is 1.84. The van der Waals surface area contributed by atoms with Crippen molar-refractivity contribution in [3.05, 3.63) is 65.9 Å². The second-order valence-corrected chi connectivity index (χ2v) is 10.1. The molecule has 1 fully saturated rings. The predicted molar refractivity (Wildman–Crippen MR) is 127 cm³/mol. The molecule has 3 aromatic rings. The number of aromatic nitrogens is 2. The topological polar surface area (TPSA) is 56.5 Å². The molecule has 1 aliphatic heterocycles. The van der Waals surface area contributed by atoms with E-state index in [4.69, 9.17) is 14.6 Å². The van der Waals surface area contributed by atoms with Crippen molar-refractivity contribution >= 4 is 0 Å². The largest absolute Gasteiger partial charge is 0.494 e. The molecule has 1 aromatic heterocycles. The first kappa shape index (κ1) is 22.6. The van der Waals surface area contributed by atoms with Crippen LogP contribution in [0.5, 0.6) is 5.75 Å². The van der Waals surface area contributed by atoms with Gasteiger partial charge in [-0.1, -0.05) is 36.4 Å². The van der Waals surface area contributed by atoms with E-state index < -0.39 is 6.10 Å². The Morgan fingerprint density at radius 2 is 1.66 bits per heavy atom. The van der Waals surface area contributed by atoms with Crippen LogP contribution in [0, 0.1) is 0 Å². The Kier molecular flexibility index (Phi) is 5.91. The van der Waals surface area contributed by atoms with Crippen molar-refractivity contribution in [2.75, 3.05) is 7.11 Å². The number of rotatable bonds is 5. The summed E-state index contributed by atoms with van der Waals surface area (Å²) in [6.45, 7) is 10.4. The molecule has 0 aliphatic carbocycles. The van der Waals surface area contributed by atoms with E-state index in [2.05, 4.69) is 33.8 Å². The van der Waals surface area contributed by atoms with Gasteiger partial charge in [-0.25, -0.2) is 4.68 Å². The average molecular weight is 435 g/mol. The summed E-state index contributed by atoms with van der Waals surface area (Å²) in [5.74, 6) is 1.07. The maximum absolute atomic E-state index is 9.91. The zero-order valence-corrected chi connectivity index (χ0v) is 19.9. The van der Waals surface area contributed by atoms with Gasteiger partial charge in [0.05, 0.1) is 35.8 Å². The van der Waals surface area contributed by atoms with Crippen LogP contribution in [0.2, 0.25) is 0 Å². The molecule has 5 nitrogen and oxygen atoms in total. The zero-order valence-electron chi connectivity index (χ0n) is 19.9. The molecule has 1 saturated heterocycles. The Morgan fingerprint density at radius 1 is 1.03 bits per heavy atom. The van der Waals surface area contributed by atoms with E-state index in [9.17, 15) is 5.11 Å². The van der Waals surface area contributed by atoms with E-state index >= 15 is 0 Å². The lowest BCUT2D eigenvalue weighted by Crippen LogP contribution is -2.44. The van der Waals surface area contributed by atoms with Gasteiger partial charge < -0.3 is 14.6 Å². The van der Waals surface area contributed by atoms with Crippen molar-refractivity contribution in [1.29, 1.82) is 0 Å². The minimum Gasteiger partial charge on any atom is -0.494 e. The fourth-order valence-corrected chi connectivity index (χ4v) is 5.02. The number of benzene rings is 2. The molecule has 4 rings (SSSR count). The first-order valence-corrected chi connectivity index (χ1v) is 11.3. The number of para-hydroxylation sites is 2. The van der Waals surface area contributed by atoms with Gasteiger partial charge in [0.2, 0.25) is 0 Å². The second-order valence-electron chi connectivity index (χ2n) is 10.1. The summed E-state index contributed by atoms with van der Waals surface area (Å²) in [6.07, 6.45) is 1.34. The van der Waals surface area contributed by atoms with Crippen LogP contribution < -0.4 is 4.74 Å². The van der Waals surface area contributed by atoms with Crippen molar-refractivity contribution in [2.24, 2.45) is 0 Å². The quantitative estimate of drug-likeness (QED) is 0.531. The highest BCUT2D eigenvalue weighted by atomic mass is 16.5. The molecular formula is C27H34N2O3. The highest BCUT2D eigenvalue weighted by molar-refractivity contribution is 5.65. The lowest BCUT2D eigenvalue weighted by Gasteiger charge is -2.45. The fraction of sp³-hybridized carbons (Fsp3) is 0.444. The zero-order chi connectivity index (χ0) is 23.1. The van der Waals surface area contributed by atoms with Crippen molar-refractivity contribution in [3.63, 3.8) is 0 Å². The summed E-state index contributed by atoms with van der Waals surface area (Å²) in [5, 5.41) is 15.0. The smallest absolute Gasteiger partial charge is 0.144 e. The van der Waals surface area contributed by atoms with Gasteiger partial charge in [-0.15, -0.1) is 0 Å². The lowest BCUT2D eigenvalue weighted by molar-refractivity contribution is -0.162. The molecule has 0 saturated carbocycles. The minimum atomic E-state index is -0.495. The molecule has 1 aliphatic rings. The lowest BCUT2D eigenvalue weighted by atomic mass is 9.79. The number of hydrogen-bond donors (Lipinski definition) is 1. The van der Waals surface area contributed by atoms with Crippen LogP contribution in [0.1, 0.15) is 70.7 Å². The molecule has 2 heterocycles. The molecule has 2 aromatic carbocycles. The number of aliphatic hydroxyl groups is 1. The van der Waals surface area contributed by atoms with Gasteiger partial charge in [0, 0.05) is 11.5 Å². The summed E-state index contributed by atoms with van der Waals surface area (Å²) in [6, 6.07) is 18.2. The van der Waals surface area contributed by atoms with Crippen LogP contribution in [0.15, 0.2) is 54.6 Å². The van der Waals surface area contributed by atoms with Crippen molar-refractivity contribution < 1.29 is 14.6 Å². The molecule has 5 heteroatoms. The van der Waals surface area contributed by atoms with E-state index in [0.717, 1.165) is 46.8 Å². The van der Waals surface area contributed by atoms with Crippen molar-refractivity contribution in [2.45, 2.75) is 70.7 Å². The van der Waals surface area contributed by atoms with Crippen molar-refractivity contribution in [3.8, 4) is 22.7 Å². The van der Waals surface area contributed by atoms with E-state index in [1.807, 2.05) is 53.2 Å². The van der Waals surface area contributed by atoms with E-state index in [1.165, 1.54) is 0 Å². The maximum Gasteiger partial charge on any atom is 0.144 e. The number of ether oxygens (including phenoxy) is 2. The minimum absolute atomic E-state index is 0.209. The number of nitrogens with zero attached hydrogens (tertiary/aromatic N) is 2. The number of methoxy groups -OCH3 is 1. The number of hydrogen-bond acceptors (Lipinski definition) is 4. The van der Waals surface area contributed by atoms with E-state index in [-0.39, 0.29) is 11.2 Å². The molecule has 32 heavy (non-hydrogen) atoms. The van der Waals surface area contributed by atoms with Crippen LogP contribution in [-0.4, -0.2) is 33.2 Å². The SMILES string of the molecule is COc1ccccc1-n1nc(C2CC(C)(C)OC(C)(C)C2)cc1-c1ccc(C(C)O)cc1. The predicted octanol–water partition coefficient (Wildman–Crippen LogP) is 6.05. The second kappa shape index (κ2) is 8.38. The number of aliphatic hydroxyl groups excluding tert-OH is 1. The Labute approximate surface area is 191 Å². The summed E-state index contributed by atoms with van der Waals surface area (Å²) < 4.78 is 13.9. The van der Waals surface area contributed by atoms with Crippen LogP contribution >= 0.6 is 0 Å². The standard InChI is InChI=1S/C27H34N2O3/c1-18(30)19-11-13-20(14-12-19)24-15-22(21-16-26(2,3)32-27(4,5)17-21)28-29(24)23-9-7-8-10-25(23)31-6/h7-15,18,21,30H,16-17H2,1-6H3. The first-order valence-electron chi connectivity index (χ1n) is 11.3. The summed E-state index contributed by atoms with van der Waals surface area (Å²) in [4.78, 5) is 0. The molecule has 0 bridgehead atoms. The molecule has 0 spiro atoms. The van der Waals surface area contributed by atoms with Gasteiger partial charge in [-0.05, 0) is 71.2 Å². The van der Waals surface area contributed by atoms with Crippen LogP contribution in [0.3, 0.4) is 0 Å². The molecule has 170 valence electrons. The molecule has 1 atom stereocenters. The van der Waals surface area contributed by atoms with Crippen molar-refractivity contribution in [1.82, 2.24) is 9.78 Å². The van der Waals surface area contributed by atoms with E-state index in [1.54, 1.807) is 14.0 Å². The van der Waals surface area contributed by atoms with Gasteiger partial charge in [0.15, 0.2) is 0 Å². The van der Waals surface area contributed by atoms with E-state index in [0.29, 0.717) is 5.92 Å². The van der Waals surface area contributed by atoms with Gasteiger partial charge in [-0.2, -0.15) is 5.10 Å². The Bertz CT molecular complexity index is 1060. The Morgan fingerprint density at radius 3 is 2.25 bits per heavy atom. The third kappa shape index (κ3) is 4.59. The van der Waals surface area contributed by atoms with Crippen LogP contribution in [-0.2, 0) is 4.74 Å². The fourth-order valence-electron chi connectivity index (χ4n) is 5.02. The highest BCUT2D eigenvalue weighted by Gasteiger charge is 2.41. The normalized spacial score (nSPS) is 19.0. The maximum atomic E-state index is 9.91. The Hall–Kier alpha value is -2.63. The summed E-state index contributed by atoms with van der Waals surface area (Å²) in [7, 11) is 1.68. The van der Waals surface area contributed by atoms with Gasteiger partial charge in [-0.3, -0.25) is 0 Å². The molecular weight excluding hydrogens is 400 g/mol. The average Bonchev–Trinajstić information content (AvgIpc) is 3.17. The summed E-state index contributed by atoms with van der Waals surface area (Å²) >= 11 is 0. The molecule has 0 radical (unpaired) electrons. The monoisotopic (exact) mass is 434 g/mol. The van der Waals surface area contributed by atoms with Gasteiger partial charge >= 0.3 is 0 Å². The molecule has 1 unspecified atom stereocenters. The third-order valence-corrected chi connectivity index (χ3v) is 6.18.